The van der Waals surface area contributed by atoms with Crippen LogP contribution in [-0.2, 0) is 13.0 Å². The van der Waals surface area contributed by atoms with E-state index in [-0.39, 0.29) is 17.8 Å². The number of nitrogens with zero attached hydrogens (tertiary/aromatic N) is 1. The molecule has 8 heteroatoms. The van der Waals surface area contributed by atoms with Gasteiger partial charge in [-0.3, -0.25) is 15.1 Å². The summed E-state index contributed by atoms with van der Waals surface area (Å²) in [5, 5.41) is 9.66. The van der Waals surface area contributed by atoms with Crippen molar-refractivity contribution in [2.24, 2.45) is 0 Å². The highest BCUT2D eigenvalue weighted by molar-refractivity contribution is 14.1. The summed E-state index contributed by atoms with van der Waals surface area (Å²) in [6.07, 6.45) is 2.67. The van der Waals surface area contributed by atoms with Crippen molar-refractivity contribution in [3.05, 3.63) is 91.8 Å². The molecule has 3 aromatic carbocycles. The van der Waals surface area contributed by atoms with Crippen molar-refractivity contribution in [3.8, 4) is 5.75 Å². The maximum atomic E-state index is 14.3. The Balaban J connectivity index is 1.27. The van der Waals surface area contributed by atoms with Crippen molar-refractivity contribution in [3.63, 3.8) is 0 Å². The van der Waals surface area contributed by atoms with Crippen LogP contribution in [0.4, 0.5) is 10.1 Å². The molecule has 2 heterocycles. The summed E-state index contributed by atoms with van der Waals surface area (Å²) >= 11 is 2.17. The van der Waals surface area contributed by atoms with Crippen LogP contribution in [0.2, 0.25) is 0 Å². The van der Waals surface area contributed by atoms with Crippen LogP contribution in [0.3, 0.4) is 0 Å². The first kappa shape index (κ1) is 24.7. The van der Waals surface area contributed by atoms with Gasteiger partial charge in [0, 0.05) is 51.5 Å². The fourth-order valence-corrected chi connectivity index (χ4v) is 5.57. The molecule has 5 rings (SSSR count). The molecular formula is C28H29FIN4O2+. The highest BCUT2D eigenvalue weighted by atomic mass is 127. The zero-order valence-electron chi connectivity index (χ0n) is 19.9. The number of hydrogen-bond donors (Lipinski definition) is 3. The number of carbonyl (C=O) groups excluding carboxylic acids is 1. The molecule has 1 atom stereocenters. The Hall–Kier alpha value is -2.98. The first-order valence-electron chi connectivity index (χ1n) is 12.1. The maximum Gasteiger partial charge on any atom is 0.251 e. The highest BCUT2D eigenvalue weighted by Gasteiger charge is 2.25. The normalized spacial score (nSPS) is 17.3. The molecule has 1 saturated heterocycles. The van der Waals surface area contributed by atoms with Crippen LogP contribution in [0, 0.1) is 9.39 Å². The second kappa shape index (κ2) is 10.6. The molecule has 6 nitrogen and oxygen atoms in total. The Morgan fingerprint density at radius 2 is 2.03 bits per heavy atom. The predicted molar refractivity (Wildman–Crippen MR) is 147 cm³/mol. The fourth-order valence-electron chi connectivity index (χ4n) is 4.93. The van der Waals surface area contributed by atoms with E-state index >= 15 is 0 Å². The van der Waals surface area contributed by atoms with Crippen LogP contribution in [0.5, 0.6) is 5.75 Å². The van der Waals surface area contributed by atoms with Gasteiger partial charge in [0.2, 0.25) is 5.71 Å². The zero-order chi connectivity index (χ0) is 25.2. The molecule has 0 bridgehead atoms. The molecular weight excluding hydrogens is 570 g/mol. The van der Waals surface area contributed by atoms with Gasteiger partial charge in [0.15, 0.2) is 0 Å². The molecule has 1 fully saturated rings. The average molecular weight is 599 g/mol. The molecule has 0 unspecified atom stereocenters. The molecule has 0 aromatic heterocycles. The fraction of sp³-hybridized carbons (Fsp3) is 0.286. The van der Waals surface area contributed by atoms with Crippen molar-refractivity contribution < 1.29 is 19.3 Å². The molecule has 2 aliphatic heterocycles. The summed E-state index contributed by atoms with van der Waals surface area (Å²) in [7, 11) is 0. The average Bonchev–Trinajstić information content (AvgIpc) is 3.34. The molecule has 0 radical (unpaired) electrons. The van der Waals surface area contributed by atoms with Crippen LogP contribution in [0.25, 0.3) is 0 Å². The van der Waals surface area contributed by atoms with E-state index in [1.807, 2.05) is 24.3 Å². The number of rotatable bonds is 6. The van der Waals surface area contributed by atoms with Gasteiger partial charge in [-0.15, -0.1) is 0 Å². The third-order valence-electron chi connectivity index (χ3n) is 6.89. The molecule has 0 aliphatic carbocycles. The minimum atomic E-state index is -0.188. The lowest BCUT2D eigenvalue weighted by atomic mass is 9.96. The van der Waals surface area contributed by atoms with E-state index < -0.39 is 0 Å². The Morgan fingerprint density at radius 1 is 1.19 bits per heavy atom. The van der Waals surface area contributed by atoms with E-state index in [0.717, 1.165) is 46.3 Å². The van der Waals surface area contributed by atoms with Gasteiger partial charge in [0.1, 0.15) is 11.6 Å². The molecule has 1 amide bonds. The quantitative estimate of drug-likeness (QED) is 0.231. The van der Waals surface area contributed by atoms with Gasteiger partial charge in [-0.2, -0.15) is 0 Å². The van der Waals surface area contributed by atoms with Crippen LogP contribution in [0.1, 0.15) is 45.5 Å². The molecule has 36 heavy (non-hydrogen) atoms. The third-order valence-corrected chi connectivity index (χ3v) is 7.90. The number of hydrogen-bond acceptors (Lipinski definition) is 4. The van der Waals surface area contributed by atoms with Gasteiger partial charge < -0.3 is 15.8 Å². The molecule has 5 N–H and O–H groups in total. The monoisotopic (exact) mass is 599 g/mol. The number of amides is 1. The Bertz CT molecular complexity index is 1310. The standard InChI is InChI=1S/C28H28FIN4O2/c29-23-4-1-5-24(30)22(23)16-34-11-2-3-20(15-34)33-28(35)19-6-8-25(31)21(14-19)27(32)18-7-9-26-17(13-18)10-12-36-26/h1,4-9,13-14,20,32H,2-3,10-12,15-16,31H2,(H,33,35)/p+1/t20-/m1/s1. The van der Waals surface area contributed by atoms with E-state index in [1.54, 1.807) is 24.3 Å². The first-order valence-corrected chi connectivity index (χ1v) is 13.2. The number of fused-ring (bicyclic) bond motifs is 1. The van der Waals surface area contributed by atoms with Crippen LogP contribution in [-0.4, -0.2) is 42.3 Å². The Kier molecular flexibility index (Phi) is 7.25. The highest BCUT2D eigenvalue weighted by Crippen LogP contribution is 2.27. The molecule has 0 saturated carbocycles. The van der Waals surface area contributed by atoms with E-state index in [1.165, 1.54) is 6.07 Å². The van der Waals surface area contributed by atoms with Crippen molar-refractivity contribution in [2.75, 3.05) is 25.4 Å². The van der Waals surface area contributed by atoms with Gasteiger partial charge in [0.05, 0.1) is 12.2 Å². The molecule has 2 aliphatic rings. The minimum absolute atomic E-state index is 0.0188. The Labute approximate surface area is 223 Å². The Morgan fingerprint density at radius 3 is 2.86 bits per heavy atom. The lowest BCUT2D eigenvalue weighted by Crippen LogP contribution is -2.47. The number of nitrogen functional groups attached to an aromatic ring is 1. The topological polar surface area (TPSA) is 93.2 Å². The van der Waals surface area contributed by atoms with E-state index in [0.29, 0.717) is 47.8 Å². The maximum absolute atomic E-state index is 14.3. The number of ether oxygens (including phenoxy) is 1. The van der Waals surface area contributed by atoms with Crippen molar-refractivity contribution >= 4 is 39.9 Å². The predicted octanol–water partition coefficient (Wildman–Crippen LogP) is 2.94. The molecule has 0 spiro atoms. The summed E-state index contributed by atoms with van der Waals surface area (Å²) in [6.45, 7) is 2.75. The van der Waals surface area contributed by atoms with Crippen LogP contribution >= 0.6 is 22.6 Å². The van der Waals surface area contributed by atoms with Gasteiger partial charge >= 0.3 is 0 Å². The van der Waals surface area contributed by atoms with E-state index in [4.69, 9.17) is 15.9 Å². The minimum Gasteiger partial charge on any atom is -0.493 e. The molecule has 186 valence electrons. The SMILES string of the molecule is Nc1ccc(C(=O)N[C@@H]2CCCN(Cc3c(F)cccc3I)C2)cc1C(=[NH2+])c1ccc2c(c1)CCO2. The summed E-state index contributed by atoms with van der Waals surface area (Å²) in [6, 6.07) is 16.2. The number of halogens is 2. The number of piperidine rings is 1. The lowest BCUT2D eigenvalue weighted by molar-refractivity contribution is -0.111. The number of likely N-dealkylation sites (tertiary alicyclic amines) is 1. The number of anilines is 1. The van der Waals surface area contributed by atoms with E-state index in [9.17, 15) is 9.18 Å². The van der Waals surface area contributed by atoms with Gasteiger partial charge in [0.25, 0.3) is 5.91 Å². The number of nitrogens with one attached hydrogen (secondary N) is 1. The lowest BCUT2D eigenvalue weighted by Gasteiger charge is -2.33. The largest absolute Gasteiger partial charge is 0.493 e. The number of carbonyl (C=O) groups is 1. The number of benzene rings is 3. The van der Waals surface area contributed by atoms with Crippen LogP contribution < -0.4 is 21.2 Å². The summed E-state index contributed by atoms with van der Waals surface area (Å²) in [4.78, 5) is 15.4. The second-order valence-corrected chi connectivity index (χ2v) is 10.5. The van der Waals surface area contributed by atoms with Crippen molar-refractivity contribution in [2.45, 2.75) is 31.8 Å². The summed E-state index contributed by atoms with van der Waals surface area (Å²) < 4.78 is 20.8. The molecule has 3 aromatic rings. The van der Waals surface area contributed by atoms with Gasteiger partial charge in [-0.1, -0.05) is 6.07 Å². The van der Waals surface area contributed by atoms with Crippen molar-refractivity contribution in [1.29, 1.82) is 0 Å². The summed E-state index contributed by atoms with van der Waals surface area (Å²) in [5.74, 6) is 0.532. The van der Waals surface area contributed by atoms with Crippen molar-refractivity contribution in [1.82, 2.24) is 10.2 Å². The smallest absolute Gasteiger partial charge is 0.251 e. The number of nitrogens with two attached hydrogens (primary N) is 2. The van der Waals surface area contributed by atoms with Gasteiger partial charge in [-0.05, 0) is 96.1 Å². The second-order valence-electron chi connectivity index (χ2n) is 9.38. The first-order chi connectivity index (χ1) is 17.4. The van der Waals surface area contributed by atoms with Gasteiger partial charge in [-0.25, -0.2) is 4.39 Å². The zero-order valence-corrected chi connectivity index (χ0v) is 22.1. The summed E-state index contributed by atoms with van der Waals surface area (Å²) in [5.41, 5.74) is 11.1. The van der Waals surface area contributed by atoms with Crippen LogP contribution in [0.15, 0.2) is 54.6 Å². The third kappa shape index (κ3) is 5.24. The van der Waals surface area contributed by atoms with E-state index in [2.05, 4.69) is 32.8 Å².